The summed E-state index contributed by atoms with van der Waals surface area (Å²) >= 11 is 1.52. The lowest BCUT2D eigenvalue weighted by Gasteiger charge is -2.37. The molecule has 0 bridgehead atoms. The summed E-state index contributed by atoms with van der Waals surface area (Å²) in [6, 6.07) is -0.0346. The standard InChI is InChI=1S/C17H29N3O2S/c1-13(19(4)12-17(2,3)22)15(21)20(16-18-10-11-23-16)14-8-6-5-7-9-14/h10-11,13-14,22H,5-9,12H2,1-4H3. The van der Waals surface area contributed by atoms with E-state index in [1.807, 2.05) is 29.2 Å². The molecule has 23 heavy (non-hydrogen) atoms. The molecule has 0 spiro atoms. The first-order chi connectivity index (χ1) is 10.8. The van der Waals surface area contributed by atoms with E-state index in [9.17, 15) is 9.90 Å². The first-order valence-electron chi connectivity index (χ1n) is 8.45. The Morgan fingerprint density at radius 1 is 1.43 bits per heavy atom. The largest absolute Gasteiger partial charge is 0.389 e. The molecule has 5 nitrogen and oxygen atoms in total. The van der Waals surface area contributed by atoms with Crippen molar-refractivity contribution in [1.82, 2.24) is 9.88 Å². The molecule has 2 rings (SSSR count). The summed E-state index contributed by atoms with van der Waals surface area (Å²) in [7, 11) is 1.89. The Bertz CT molecular complexity index is 492. The van der Waals surface area contributed by atoms with Crippen LogP contribution in [0.2, 0.25) is 0 Å². The molecule has 1 aromatic rings. The van der Waals surface area contributed by atoms with E-state index < -0.39 is 5.60 Å². The van der Waals surface area contributed by atoms with E-state index in [1.54, 1.807) is 20.0 Å². The highest BCUT2D eigenvalue weighted by Crippen LogP contribution is 2.29. The van der Waals surface area contributed by atoms with Gasteiger partial charge in [-0.3, -0.25) is 14.6 Å². The van der Waals surface area contributed by atoms with Crippen LogP contribution in [0.4, 0.5) is 5.13 Å². The van der Waals surface area contributed by atoms with Gasteiger partial charge in [0.2, 0.25) is 5.91 Å². The van der Waals surface area contributed by atoms with Crippen LogP contribution in [0.5, 0.6) is 0 Å². The predicted octanol–water partition coefficient (Wildman–Crippen LogP) is 2.90. The quantitative estimate of drug-likeness (QED) is 0.866. The topological polar surface area (TPSA) is 56.7 Å². The van der Waals surface area contributed by atoms with E-state index in [0.29, 0.717) is 6.54 Å². The highest BCUT2D eigenvalue weighted by atomic mass is 32.1. The van der Waals surface area contributed by atoms with Gasteiger partial charge in [0, 0.05) is 24.2 Å². The summed E-state index contributed by atoms with van der Waals surface area (Å²) in [6.07, 6.45) is 7.46. The molecule has 0 aromatic carbocycles. The maximum atomic E-state index is 13.1. The van der Waals surface area contributed by atoms with Crippen molar-refractivity contribution in [2.75, 3.05) is 18.5 Å². The number of amides is 1. The lowest BCUT2D eigenvalue weighted by atomic mass is 9.94. The summed E-state index contributed by atoms with van der Waals surface area (Å²) in [4.78, 5) is 21.4. The lowest BCUT2D eigenvalue weighted by Crippen LogP contribution is -2.52. The summed E-state index contributed by atoms with van der Waals surface area (Å²) in [6.45, 7) is 5.90. The number of anilines is 1. The number of aromatic nitrogens is 1. The number of hydrogen-bond donors (Lipinski definition) is 1. The Labute approximate surface area is 143 Å². The van der Waals surface area contributed by atoms with Gasteiger partial charge < -0.3 is 5.11 Å². The molecule has 6 heteroatoms. The van der Waals surface area contributed by atoms with Gasteiger partial charge in [0.25, 0.3) is 0 Å². The van der Waals surface area contributed by atoms with Crippen molar-refractivity contribution < 1.29 is 9.90 Å². The second kappa shape index (κ2) is 7.73. The maximum absolute atomic E-state index is 13.1. The van der Waals surface area contributed by atoms with Crippen molar-refractivity contribution in [3.63, 3.8) is 0 Å². The Hall–Kier alpha value is -0.980. The molecular formula is C17H29N3O2S. The molecule has 1 saturated carbocycles. The molecule has 0 aliphatic heterocycles. The van der Waals surface area contributed by atoms with Crippen LogP contribution in [0.3, 0.4) is 0 Å². The third kappa shape index (κ3) is 4.99. The van der Waals surface area contributed by atoms with E-state index in [1.165, 1.54) is 30.6 Å². The van der Waals surface area contributed by atoms with Crippen LogP contribution in [0.25, 0.3) is 0 Å². The summed E-state index contributed by atoms with van der Waals surface area (Å²) in [5.74, 6) is 0.0820. The Morgan fingerprint density at radius 2 is 2.09 bits per heavy atom. The fraction of sp³-hybridized carbons (Fsp3) is 0.765. The van der Waals surface area contributed by atoms with Crippen LogP contribution in [0.15, 0.2) is 11.6 Å². The second-order valence-electron chi connectivity index (χ2n) is 7.22. The average Bonchev–Trinajstić information content (AvgIpc) is 3.00. The predicted molar refractivity (Wildman–Crippen MR) is 94.9 cm³/mol. The minimum atomic E-state index is -0.819. The third-order valence-electron chi connectivity index (χ3n) is 4.46. The zero-order chi connectivity index (χ0) is 17.0. The molecule has 1 atom stereocenters. The summed E-state index contributed by atoms with van der Waals surface area (Å²) in [5, 5.41) is 12.7. The molecule has 1 N–H and O–H groups in total. The molecule has 1 heterocycles. The van der Waals surface area contributed by atoms with Crippen LogP contribution in [0, 0.1) is 0 Å². The normalized spacial score (nSPS) is 18.2. The van der Waals surface area contributed by atoms with E-state index in [2.05, 4.69) is 4.98 Å². The van der Waals surface area contributed by atoms with Gasteiger partial charge in [-0.15, -0.1) is 11.3 Å². The lowest BCUT2D eigenvalue weighted by molar-refractivity contribution is -0.124. The van der Waals surface area contributed by atoms with E-state index in [-0.39, 0.29) is 18.0 Å². The first kappa shape index (κ1) is 18.4. The molecule has 1 aromatic heterocycles. The number of nitrogens with zero attached hydrogens (tertiary/aromatic N) is 3. The summed E-state index contributed by atoms with van der Waals surface area (Å²) in [5.41, 5.74) is -0.819. The van der Waals surface area contributed by atoms with Crippen LogP contribution in [0.1, 0.15) is 52.9 Å². The molecule has 1 amide bonds. The number of likely N-dealkylation sites (N-methyl/N-ethyl adjacent to an activating group) is 1. The highest BCUT2D eigenvalue weighted by molar-refractivity contribution is 7.13. The van der Waals surface area contributed by atoms with Crippen LogP contribution in [-0.4, -0.2) is 52.2 Å². The van der Waals surface area contributed by atoms with Gasteiger partial charge in [0.1, 0.15) is 0 Å². The number of thiazole rings is 1. The summed E-state index contributed by atoms with van der Waals surface area (Å²) < 4.78 is 0. The van der Waals surface area contributed by atoms with Crippen molar-refractivity contribution in [3.8, 4) is 0 Å². The van der Waals surface area contributed by atoms with E-state index in [0.717, 1.165) is 18.0 Å². The maximum Gasteiger partial charge on any atom is 0.246 e. The molecule has 0 radical (unpaired) electrons. The molecule has 0 saturated heterocycles. The van der Waals surface area contributed by atoms with Gasteiger partial charge in [0.15, 0.2) is 5.13 Å². The minimum absolute atomic E-state index is 0.0820. The number of carbonyl (C=O) groups is 1. The smallest absolute Gasteiger partial charge is 0.246 e. The van der Waals surface area contributed by atoms with Gasteiger partial charge >= 0.3 is 0 Å². The van der Waals surface area contributed by atoms with Gasteiger partial charge in [-0.05, 0) is 40.7 Å². The third-order valence-corrected chi connectivity index (χ3v) is 5.23. The fourth-order valence-electron chi connectivity index (χ4n) is 3.24. The average molecular weight is 340 g/mol. The van der Waals surface area contributed by atoms with Crippen molar-refractivity contribution in [3.05, 3.63) is 11.6 Å². The monoisotopic (exact) mass is 339 g/mol. The molecule has 1 fully saturated rings. The number of rotatable bonds is 6. The van der Waals surface area contributed by atoms with E-state index >= 15 is 0 Å². The van der Waals surface area contributed by atoms with Gasteiger partial charge in [-0.1, -0.05) is 19.3 Å². The van der Waals surface area contributed by atoms with Crippen molar-refractivity contribution in [2.24, 2.45) is 0 Å². The van der Waals surface area contributed by atoms with Crippen molar-refractivity contribution >= 4 is 22.4 Å². The minimum Gasteiger partial charge on any atom is -0.389 e. The first-order valence-corrected chi connectivity index (χ1v) is 9.33. The number of carbonyl (C=O) groups excluding carboxylic acids is 1. The molecule has 1 unspecified atom stereocenters. The van der Waals surface area contributed by atoms with Gasteiger partial charge in [-0.25, -0.2) is 4.98 Å². The SMILES string of the molecule is CC(C(=O)N(c1nccs1)C1CCCCC1)N(C)CC(C)(C)O. The number of aliphatic hydroxyl groups is 1. The molecule has 130 valence electrons. The Balaban J connectivity index is 2.16. The molecule has 1 aliphatic rings. The van der Waals surface area contributed by atoms with E-state index in [4.69, 9.17) is 0 Å². The second-order valence-corrected chi connectivity index (χ2v) is 8.09. The molecule has 1 aliphatic carbocycles. The highest BCUT2D eigenvalue weighted by Gasteiger charge is 2.33. The van der Waals surface area contributed by atoms with Crippen molar-refractivity contribution in [2.45, 2.75) is 70.6 Å². The molecular weight excluding hydrogens is 310 g/mol. The Morgan fingerprint density at radius 3 is 2.61 bits per heavy atom. The van der Waals surface area contributed by atoms with Gasteiger partial charge in [-0.2, -0.15) is 0 Å². The fourth-order valence-corrected chi connectivity index (χ4v) is 3.96. The van der Waals surface area contributed by atoms with Crippen molar-refractivity contribution in [1.29, 1.82) is 0 Å². The zero-order valence-electron chi connectivity index (χ0n) is 14.7. The number of hydrogen-bond acceptors (Lipinski definition) is 5. The van der Waals surface area contributed by atoms with Crippen LogP contribution >= 0.6 is 11.3 Å². The van der Waals surface area contributed by atoms with Gasteiger partial charge in [0.05, 0.1) is 11.6 Å². The van der Waals surface area contributed by atoms with Crippen LogP contribution < -0.4 is 4.90 Å². The van der Waals surface area contributed by atoms with Crippen LogP contribution in [-0.2, 0) is 4.79 Å². The Kier molecular flexibility index (Phi) is 6.17. The zero-order valence-corrected chi connectivity index (χ0v) is 15.5.